The second kappa shape index (κ2) is 3.23. The molecule has 2 aliphatic carbocycles. The van der Waals surface area contributed by atoms with Gasteiger partial charge in [0, 0.05) is 5.41 Å². The monoisotopic (exact) mass is 226 g/mol. The fraction of sp³-hybridized carbons (Fsp3) is 1.00. The Morgan fingerprint density at radius 2 is 1.31 bits per heavy atom. The molecule has 0 unspecified atom stereocenters. The maximum Gasteiger partial charge on any atom is 0.0735 e. The molecular weight excluding hydrogens is 200 g/mol. The topological polar surface area (TPSA) is 40.5 Å². The Morgan fingerprint density at radius 1 is 0.875 bits per heavy atom. The van der Waals surface area contributed by atoms with Crippen LogP contribution in [0, 0.1) is 16.2 Å². The van der Waals surface area contributed by atoms with Gasteiger partial charge >= 0.3 is 0 Å². The van der Waals surface area contributed by atoms with Gasteiger partial charge in [-0.15, -0.1) is 0 Å². The molecule has 0 atom stereocenters. The summed E-state index contributed by atoms with van der Waals surface area (Å²) in [5.41, 5.74) is -0.461. The molecule has 0 amide bonds. The third-order valence-corrected chi connectivity index (χ3v) is 4.64. The predicted octanol–water partition coefficient (Wildman–Crippen LogP) is 2.73. The van der Waals surface area contributed by atoms with Crippen molar-refractivity contribution >= 4 is 0 Å². The summed E-state index contributed by atoms with van der Waals surface area (Å²) in [6, 6.07) is 0. The van der Waals surface area contributed by atoms with Crippen molar-refractivity contribution < 1.29 is 10.2 Å². The van der Waals surface area contributed by atoms with Crippen LogP contribution >= 0.6 is 0 Å². The van der Waals surface area contributed by atoms with Crippen LogP contribution in [0.1, 0.15) is 59.8 Å². The van der Waals surface area contributed by atoms with Crippen molar-refractivity contribution in [2.75, 3.05) is 6.61 Å². The van der Waals surface area contributed by atoms with E-state index in [0.29, 0.717) is 0 Å². The zero-order valence-electron chi connectivity index (χ0n) is 11.1. The molecule has 2 heteroatoms. The molecule has 16 heavy (non-hydrogen) atoms. The maximum absolute atomic E-state index is 11.0. The van der Waals surface area contributed by atoms with Crippen LogP contribution in [-0.2, 0) is 0 Å². The Labute approximate surface area is 99.1 Å². The standard InChI is InChI=1S/C14H26O2/c1-11(2)7-12(3,4)9-14(16,8-11)13(10-15)5-6-13/h15-16H,5-10H2,1-4H3. The highest BCUT2D eigenvalue weighted by Crippen LogP contribution is 2.63. The van der Waals surface area contributed by atoms with E-state index in [1.54, 1.807) is 0 Å². The van der Waals surface area contributed by atoms with E-state index in [0.717, 1.165) is 32.1 Å². The minimum atomic E-state index is -0.646. The molecule has 94 valence electrons. The van der Waals surface area contributed by atoms with Crippen LogP contribution in [0.15, 0.2) is 0 Å². The van der Waals surface area contributed by atoms with Gasteiger partial charge in [0.2, 0.25) is 0 Å². The van der Waals surface area contributed by atoms with Crippen molar-refractivity contribution in [3.05, 3.63) is 0 Å². The van der Waals surface area contributed by atoms with Crippen LogP contribution in [0.3, 0.4) is 0 Å². The minimum absolute atomic E-state index is 0.148. The second-order valence-corrected chi connectivity index (χ2v) is 7.83. The Hall–Kier alpha value is -0.0800. The van der Waals surface area contributed by atoms with Crippen molar-refractivity contribution in [1.29, 1.82) is 0 Å². The molecule has 2 N–H and O–H groups in total. The molecule has 2 fully saturated rings. The molecule has 0 bridgehead atoms. The molecule has 0 heterocycles. The first-order chi connectivity index (χ1) is 7.14. The average Bonchev–Trinajstić information content (AvgIpc) is 2.75. The highest BCUT2D eigenvalue weighted by Gasteiger charge is 2.62. The first kappa shape index (κ1) is 12.4. The van der Waals surface area contributed by atoms with Gasteiger partial charge in [-0.25, -0.2) is 0 Å². The summed E-state index contributed by atoms with van der Waals surface area (Å²) in [4.78, 5) is 0. The summed E-state index contributed by atoms with van der Waals surface area (Å²) in [7, 11) is 0. The van der Waals surface area contributed by atoms with Gasteiger partial charge in [-0.1, -0.05) is 27.7 Å². The lowest BCUT2D eigenvalue weighted by atomic mass is 9.56. The summed E-state index contributed by atoms with van der Waals surface area (Å²) in [5.74, 6) is 0. The maximum atomic E-state index is 11.0. The van der Waals surface area contributed by atoms with E-state index in [2.05, 4.69) is 27.7 Å². The number of hydrogen-bond acceptors (Lipinski definition) is 2. The van der Waals surface area contributed by atoms with E-state index in [-0.39, 0.29) is 22.9 Å². The van der Waals surface area contributed by atoms with E-state index in [4.69, 9.17) is 0 Å². The van der Waals surface area contributed by atoms with Gasteiger partial charge in [0.1, 0.15) is 0 Å². The first-order valence-electron chi connectivity index (χ1n) is 6.47. The molecule has 2 aliphatic rings. The molecule has 0 aliphatic heterocycles. The van der Waals surface area contributed by atoms with E-state index in [1.165, 1.54) is 0 Å². The Kier molecular flexibility index (Phi) is 2.50. The Bertz CT molecular complexity index is 271. The lowest BCUT2D eigenvalue weighted by Crippen LogP contribution is -2.52. The summed E-state index contributed by atoms with van der Waals surface area (Å²) in [6.07, 6.45) is 4.82. The fourth-order valence-corrected chi connectivity index (χ4v) is 4.36. The summed E-state index contributed by atoms with van der Waals surface area (Å²) in [5, 5.41) is 20.5. The third kappa shape index (κ3) is 1.91. The lowest BCUT2D eigenvalue weighted by Gasteiger charge is -2.52. The van der Waals surface area contributed by atoms with E-state index < -0.39 is 5.60 Å². The van der Waals surface area contributed by atoms with Crippen molar-refractivity contribution in [2.24, 2.45) is 16.2 Å². The predicted molar refractivity (Wildman–Crippen MR) is 65.1 cm³/mol. The van der Waals surface area contributed by atoms with Gasteiger partial charge in [-0.05, 0) is 42.9 Å². The van der Waals surface area contributed by atoms with Crippen molar-refractivity contribution in [1.82, 2.24) is 0 Å². The zero-order chi connectivity index (χ0) is 12.2. The lowest BCUT2D eigenvalue weighted by molar-refractivity contribution is -0.142. The average molecular weight is 226 g/mol. The molecule has 0 saturated heterocycles. The highest BCUT2D eigenvalue weighted by atomic mass is 16.3. The zero-order valence-corrected chi connectivity index (χ0v) is 11.1. The van der Waals surface area contributed by atoms with E-state index in [9.17, 15) is 10.2 Å². The molecule has 2 rings (SSSR count). The van der Waals surface area contributed by atoms with Crippen molar-refractivity contribution in [2.45, 2.75) is 65.4 Å². The van der Waals surface area contributed by atoms with Crippen molar-refractivity contribution in [3.63, 3.8) is 0 Å². The van der Waals surface area contributed by atoms with Gasteiger partial charge in [0.15, 0.2) is 0 Å². The van der Waals surface area contributed by atoms with Crippen LogP contribution < -0.4 is 0 Å². The molecule has 0 aromatic heterocycles. The van der Waals surface area contributed by atoms with Crippen LogP contribution in [0.2, 0.25) is 0 Å². The van der Waals surface area contributed by atoms with Crippen LogP contribution in [0.5, 0.6) is 0 Å². The molecule has 0 spiro atoms. The molecule has 2 nitrogen and oxygen atoms in total. The summed E-state index contributed by atoms with van der Waals surface area (Å²) in [6.45, 7) is 9.12. The van der Waals surface area contributed by atoms with Gasteiger partial charge < -0.3 is 10.2 Å². The molecule has 0 aromatic carbocycles. The smallest absolute Gasteiger partial charge is 0.0735 e. The van der Waals surface area contributed by atoms with Crippen molar-refractivity contribution in [3.8, 4) is 0 Å². The number of rotatable bonds is 2. The Balaban J connectivity index is 2.28. The van der Waals surface area contributed by atoms with Gasteiger partial charge in [0.05, 0.1) is 12.2 Å². The minimum Gasteiger partial charge on any atom is -0.396 e. The number of hydrogen-bond donors (Lipinski definition) is 2. The van der Waals surface area contributed by atoms with Gasteiger partial charge in [0.25, 0.3) is 0 Å². The molecule has 0 aromatic rings. The number of aliphatic hydroxyl groups excluding tert-OH is 1. The van der Waals surface area contributed by atoms with Gasteiger partial charge in [-0.2, -0.15) is 0 Å². The van der Waals surface area contributed by atoms with Gasteiger partial charge in [-0.3, -0.25) is 0 Å². The third-order valence-electron chi connectivity index (χ3n) is 4.64. The summed E-state index contributed by atoms with van der Waals surface area (Å²) >= 11 is 0. The van der Waals surface area contributed by atoms with Crippen LogP contribution in [-0.4, -0.2) is 22.4 Å². The largest absolute Gasteiger partial charge is 0.396 e. The second-order valence-electron chi connectivity index (χ2n) is 7.83. The first-order valence-corrected chi connectivity index (χ1v) is 6.47. The Morgan fingerprint density at radius 3 is 1.62 bits per heavy atom. The van der Waals surface area contributed by atoms with Crippen LogP contribution in [0.25, 0.3) is 0 Å². The summed E-state index contributed by atoms with van der Waals surface area (Å²) < 4.78 is 0. The van der Waals surface area contributed by atoms with E-state index >= 15 is 0 Å². The quantitative estimate of drug-likeness (QED) is 0.760. The van der Waals surface area contributed by atoms with E-state index in [1.807, 2.05) is 0 Å². The highest BCUT2D eigenvalue weighted by molar-refractivity contribution is 5.13. The van der Waals surface area contributed by atoms with Crippen LogP contribution in [0.4, 0.5) is 0 Å². The number of aliphatic hydroxyl groups is 2. The fourth-order valence-electron chi connectivity index (χ4n) is 4.36. The molecule has 0 radical (unpaired) electrons. The molecular formula is C14H26O2. The molecule has 2 saturated carbocycles. The normalized spacial score (nSPS) is 33.4. The SMILES string of the molecule is CC1(C)CC(C)(C)CC(O)(C2(CO)CC2)C1.